The average Bonchev–Trinajstić information content (AvgIpc) is 1.33. The number of rotatable bonds is 10. The predicted octanol–water partition coefficient (Wildman–Crippen LogP) is 9.64. The number of amides is 7. The fourth-order valence-corrected chi connectivity index (χ4v) is 15.5. The zero-order chi connectivity index (χ0) is 85.7. The zero-order valence-corrected chi connectivity index (χ0v) is 69.9. The van der Waals surface area contributed by atoms with Gasteiger partial charge in [-0.1, -0.05) is 48.5 Å². The Morgan fingerprint density at radius 3 is 0.992 bits per heavy atom. The number of carbonyl (C=O) groups excluding carboxylic acids is 7. The summed E-state index contributed by atoms with van der Waals surface area (Å²) in [5.41, 5.74) is 26.8. The lowest BCUT2D eigenvalue weighted by atomic mass is 10.1. The van der Waals surface area contributed by atoms with Crippen LogP contribution < -0.4 is 48.3 Å². The molecule has 0 atom stereocenters. The first-order valence-corrected chi connectivity index (χ1v) is 41.1. The van der Waals surface area contributed by atoms with Crippen molar-refractivity contribution in [3.63, 3.8) is 0 Å². The summed E-state index contributed by atoms with van der Waals surface area (Å²) in [7, 11) is 0. The van der Waals surface area contributed by atoms with E-state index < -0.39 is 17.1 Å². The van der Waals surface area contributed by atoms with Crippen LogP contribution in [0.1, 0.15) is 135 Å². The van der Waals surface area contributed by atoms with Gasteiger partial charge in [0.05, 0.1) is 85.2 Å². The molecule has 34 heteroatoms. The highest BCUT2D eigenvalue weighted by Crippen LogP contribution is 2.37. The van der Waals surface area contributed by atoms with E-state index in [0.29, 0.717) is 105 Å². The Labute approximate surface area is 701 Å². The minimum Gasteiger partial charge on any atom is -0.444 e. The van der Waals surface area contributed by atoms with Gasteiger partial charge >= 0.3 is 12.2 Å². The summed E-state index contributed by atoms with van der Waals surface area (Å²) in [6, 6.07) is 31.5. The van der Waals surface area contributed by atoms with Gasteiger partial charge in [-0.25, -0.2) is 49.5 Å². The number of hydrogen-bond donors (Lipinski definition) is 13. The number of likely N-dealkylation sites (tertiary alicyclic amines) is 3. The number of fused-ring (bicyclic) bond motifs is 8. The molecule has 122 heavy (non-hydrogen) atoms. The highest BCUT2D eigenvalue weighted by Gasteiger charge is 2.37. The van der Waals surface area contributed by atoms with Crippen molar-refractivity contribution in [1.82, 2.24) is 101 Å². The molecule has 7 amide bonds. The number of aromatic nitrogens is 12. The molecule has 16 heterocycles. The van der Waals surface area contributed by atoms with Crippen molar-refractivity contribution in [2.24, 2.45) is 5.73 Å². The predicted molar refractivity (Wildman–Crippen MR) is 461 cm³/mol. The topological polar surface area (TPSA) is 436 Å². The number of halogens is 1. The number of ether oxygens (including phenoxy) is 2. The maximum absolute atomic E-state index is 13.8. The van der Waals surface area contributed by atoms with Crippen LogP contribution in [-0.2, 0) is 40.0 Å². The number of hydrogen-bond acceptors (Lipinski definition) is 22. The van der Waals surface area contributed by atoms with E-state index in [4.69, 9.17) is 45.1 Å². The van der Waals surface area contributed by atoms with E-state index in [0.717, 1.165) is 174 Å². The third-order valence-electron chi connectivity index (χ3n) is 22.0. The van der Waals surface area contributed by atoms with E-state index in [-0.39, 0.29) is 65.5 Å². The Bertz CT molecular complexity index is 6130. The van der Waals surface area contributed by atoms with Gasteiger partial charge in [0.1, 0.15) is 50.7 Å². The smallest absolute Gasteiger partial charge is 0.410 e. The van der Waals surface area contributed by atoms with Crippen LogP contribution in [0.15, 0.2) is 97.1 Å². The van der Waals surface area contributed by atoms with Gasteiger partial charge in [-0.15, -0.1) is 0 Å². The Morgan fingerprint density at radius 2 is 0.705 bits per heavy atom. The Kier molecular flexibility index (Phi) is 22.6. The molecule has 12 aromatic rings. The lowest BCUT2D eigenvalue weighted by molar-refractivity contribution is -0.132. The molecule has 8 aromatic heterocycles. The van der Waals surface area contributed by atoms with Gasteiger partial charge < -0.3 is 92.4 Å². The lowest BCUT2D eigenvalue weighted by Gasteiger charge is -2.40. The molecular weight excluding hydrogens is 1560 g/mol. The van der Waals surface area contributed by atoms with Crippen molar-refractivity contribution in [1.29, 1.82) is 0 Å². The summed E-state index contributed by atoms with van der Waals surface area (Å²) in [4.78, 5) is 139. The summed E-state index contributed by atoms with van der Waals surface area (Å²) < 4.78 is 24.3. The van der Waals surface area contributed by atoms with Crippen molar-refractivity contribution in [3.05, 3.63) is 171 Å². The summed E-state index contributed by atoms with van der Waals surface area (Å²) >= 11 is 0. The minimum atomic E-state index is -0.575. The largest absolute Gasteiger partial charge is 0.444 e. The monoisotopic (exact) mass is 1650 g/mol. The average molecular weight is 1660 g/mol. The number of carbonyl (C=O) groups is 7. The highest BCUT2D eigenvalue weighted by molar-refractivity contribution is 6.03. The van der Waals surface area contributed by atoms with Crippen LogP contribution in [0.5, 0.6) is 0 Å². The second-order valence-electron chi connectivity index (χ2n) is 33.7. The molecule has 4 aromatic carbocycles. The molecule has 8 aliphatic heterocycles. The van der Waals surface area contributed by atoms with Crippen LogP contribution in [-0.4, -0.2) is 230 Å². The third-order valence-corrected chi connectivity index (χ3v) is 22.0. The molecule has 4 saturated heterocycles. The number of H-pyrrole nitrogens is 4. The second kappa shape index (κ2) is 33.6. The molecule has 0 spiro atoms. The zero-order valence-electron chi connectivity index (χ0n) is 69.9. The number of nitrogens with zero attached hydrogens (tertiary/aromatic N) is 11. The molecule has 14 N–H and O–H groups in total. The Morgan fingerprint density at radius 1 is 0.410 bits per heavy atom. The summed E-state index contributed by atoms with van der Waals surface area (Å²) in [5, 5.41) is 25.0. The van der Waals surface area contributed by atoms with Crippen LogP contribution in [0, 0.1) is 33.6 Å². The molecule has 0 radical (unpaired) electrons. The molecule has 0 bridgehead atoms. The van der Waals surface area contributed by atoms with Crippen LogP contribution in [0.2, 0.25) is 0 Å². The fraction of sp³-hybridized carbons (Fsp3) is 0.375. The molecule has 20 rings (SSSR count). The molecule has 4 fully saturated rings. The van der Waals surface area contributed by atoms with Gasteiger partial charge in [0.2, 0.25) is 11.9 Å². The highest BCUT2D eigenvalue weighted by atomic mass is 19.1. The SMILES string of the molecule is CC(=O)N1CC(Nc2nc3c(-c4cc5c([nH]4)CCNC5=O)cccc3nc2C)C1.CC(C)(C)OC(=O)N1CC(N)C1.Cc1nc2cccc(-c3cc4c([nH]3)CCNC4=O)c2nc1F.Cc1nc2cccc(-c3cc4c([nH]3)CCNC4=O)c2nc1NC1CN(C(=O)OC(C)(C)C)C1.Cc1nc2cccc(-c3cc4c([nH]3)CCNC4=O)c2nc1NC1CNC1. The first kappa shape index (κ1) is 82.2. The molecule has 33 nitrogen and oxygen atoms in total. The van der Waals surface area contributed by atoms with E-state index in [2.05, 4.69) is 72.4 Å². The van der Waals surface area contributed by atoms with Gasteiger partial charge in [0, 0.05) is 185 Å². The van der Waals surface area contributed by atoms with E-state index in [1.165, 1.54) is 0 Å². The minimum absolute atomic E-state index is 0.0178. The van der Waals surface area contributed by atoms with Crippen LogP contribution in [0.4, 0.5) is 31.4 Å². The maximum Gasteiger partial charge on any atom is 0.410 e. The van der Waals surface area contributed by atoms with E-state index in [1.54, 1.807) is 40.7 Å². The van der Waals surface area contributed by atoms with Crippen LogP contribution >= 0.6 is 0 Å². The van der Waals surface area contributed by atoms with Gasteiger partial charge in [0.15, 0.2) is 0 Å². The van der Waals surface area contributed by atoms with Gasteiger partial charge in [-0.2, -0.15) is 4.39 Å². The van der Waals surface area contributed by atoms with Crippen LogP contribution in [0.3, 0.4) is 0 Å². The Hall–Kier alpha value is -13.5. The molecule has 8 aliphatic rings. The molecule has 0 aliphatic carbocycles. The van der Waals surface area contributed by atoms with Crippen molar-refractivity contribution in [2.45, 2.75) is 137 Å². The van der Waals surface area contributed by atoms with Gasteiger partial charge in [-0.3, -0.25) is 24.0 Å². The fourth-order valence-electron chi connectivity index (χ4n) is 15.5. The van der Waals surface area contributed by atoms with E-state index >= 15 is 0 Å². The van der Waals surface area contributed by atoms with Crippen molar-refractivity contribution >= 4 is 103 Å². The number of para-hydroxylation sites is 4. The van der Waals surface area contributed by atoms with E-state index in [9.17, 15) is 38.0 Å². The van der Waals surface area contributed by atoms with E-state index in [1.807, 2.05) is 147 Å². The van der Waals surface area contributed by atoms with Crippen LogP contribution in [0.25, 0.3) is 89.2 Å². The quantitative estimate of drug-likeness (QED) is 0.0605. The van der Waals surface area contributed by atoms with Crippen molar-refractivity contribution < 1.29 is 47.4 Å². The summed E-state index contributed by atoms with van der Waals surface area (Å²) in [6.45, 7) is 28.3. The number of aryl methyl sites for hydroxylation is 4. The normalized spacial score (nSPS) is 16.3. The van der Waals surface area contributed by atoms with Crippen molar-refractivity contribution in [3.8, 4) is 45.0 Å². The molecule has 632 valence electrons. The number of benzene rings is 4. The molecular formula is C88H99FN24O9. The second-order valence-corrected chi connectivity index (χ2v) is 33.7. The number of nitrogens with two attached hydrogens (primary N) is 1. The Balaban J connectivity index is 0.000000116. The standard InChI is InChI=1S/C24H28N6O3.C21H22N6O2.C19H20N6O.C16H13FN4O.C8H16N2O2/c1-13-21(27-14-11-30(12-14)23(32)33-24(2,3)4)29-20-15(6-5-7-18(20)26-13)19-10-16-17(28-19)8-9-25-22(16)31;1-11-20(24-13-9-27(10-13)12(2)28)26-19-14(4-3-5-17(19)23-11)18-8-15-16(25-18)6-7-22-21(15)29;1-10-18(23-11-8-20-9-11)25-17-12(3-2-4-15(17)22-10)16-7-13-14(24-16)5-6-21-19(13)26;1-8-15(17)21-14-9(3-2-4-12(14)19-8)13-7-10-11(20-13)5-6-18-16(10)22;1-8(2,3)12-7(11)10-4-6(9)5-10/h5-7,10,14,28H,8-9,11-12H2,1-4H3,(H,25,31)(H,27,29);3-5,8,13,25H,6-7,9-10H2,1-2H3,(H,22,29)(H,24,26);2-4,7,11,20,24H,5-6,8-9H2,1H3,(H,21,26)(H,23,25);2-4,7,20H,5-6H2,1H3,(H,18,22);6H,4-5,9H2,1-3H3. The molecule has 0 saturated carbocycles. The third kappa shape index (κ3) is 17.7. The van der Waals surface area contributed by atoms with Gasteiger partial charge in [-0.05, 0) is 118 Å². The summed E-state index contributed by atoms with van der Waals surface area (Å²) in [5.74, 6) is 1.56. The maximum atomic E-state index is 13.8. The lowest BCUT2D eigenvalue weighted by Crippen LogP contribution is -2.58. The number of aromatic amines is 4. The summed E-state index contributed by atoms with van der Waals surface area (Å²) in [6.07, 6.45) is 2.58. The molecule has 0 unspecified atom stereocenters. The first-order chi connectivity index (χ1) is 58.4. The van der Waals surface area contributed by atoms with Gasteiger partial charge in [0.25, 0.3) is 23.6 Å². The van der Waals surface area contributed by atoms with Crippen molar-refractivity contribution in [2.75, 3.05) is 94.5 Å². The number of nitrogens with one attached hydrogen (secondary N) is 12. The number of anilines is 3. The first-order valence-electron chi connectivity index (χ1n) is 41.1.